The molecule has 0 heterocycles. The highest BCUT2D eigenvalue weighted by atomic mass is 31.2. The minimum atomic E-state index is -7.30. The molecule has 0 amide bonds. The van der Waals surface area contributed by atoms with Gasteiger partial charge in [-0.1, -0.05) is 64.6 Å². The van der Waals surface area contributed by atoms with Crippen molar-refractivity contribution in [3.63, 3.8) is 0 Å². The smallest absolute Gasteiger partial charge is 0.199 e. The maximum absolute atomic E-state index is 14.7. The Balaban J connectivity index is 3.86. The van der Waals surface area contributed by atoms with Gasteiger partial charge in [-0.25, -0.2) is 0 Å². The summed E-state index contributed by atoms with van der Waals surface area (Å²) in [4.78, 5) is 0. The van der Waals surface area contributed by atoms with Crippen LogP contribution in [0.3, 0.4) is 0 Å². The van der Waals surface area contributed by atoms with Crippen LogP contribution in [0, 0.1) is 11.3 Å². The van der Waals surface area contributed by atoms with E-state index in [4.69, 9.17) is 0 Å². The molecule has 280 valence electrons. The highest BCUT2D eigenvalue weighted by Gasteiger charge is 2.83. The summed E-state index contributed by atoms with van der Waals surface area (Å²) in [5.41, 5.74) is -0.216. The van der Waals surface area contributed by atoms with Crippen LogP contribution >= 0.6 is 7.26 Å². The molecule has 1 unspecified atom stereocenters. The molecule has 0 fully saturated rings. The second-order valence-corrected chi connectivity index (χ2v) is 17.4. The van der Waals surface area contributed by atoms with Gasteiger partial charge in [0.2, 0.25) is 0 Å². The second kappa shape index (κ2) is 14.0. The average Bonchev–Trinajstić information content (AvgIpc) is 2.88. The Morgan fingerprint density at radius 3 is 1.25 bits per heavy atom. The zero-order valence-electron chi connectivity index (χ0n) is 25.9. The van der Waals surface area contributed by atoms with E-state index in [9.17, 15) is 79.0 Å². The third kappa shape index (κ3) is 9.46. The minimum Gasteiger partial charge on any atom is -0.199 e. The molecule has 0 saturated heterocycles. The fourth-order valence-corrected chi connectivity index (χ4v) is 10.3. The van der Waals surface area contributed by atoms with Gasteiger partial charge in [0.25, 0.3) is 0 Å². The van der Waals surface area contributed by atoms with Crippen molar-refractivity contribution in [3.8, 4) is 0 Å². The number of hydrogen-bond donors (Lipinski definition) is 0. The van der Waals surface area contributed by atoms with Crippen molar-refractivity contribution in [2.24, 2.45) is 11.3 Å². The van der Waals surface area contributed by atoms with Gasteiger partial charge in [0.15, 0.2) is 0 Å². The zero-order valence-corrected chi connectivity index (χ0v) is 26.8. The average molecular weight is 756 g/mol. The van der Waals surface area contributed by atoms with E-state index in [1.165, 1.54) is 37.3 Å². The Bertz CT molecular complexity index is 1150. The second-order valence-electron chi connectivity index (χ2n) is 13.1. The van der Waals surface area contributed by atoms with E-state index in [0.717, 1.165) is 0 Å². The molecule has 48 heavy (non-hydrogen) atoms. The molecule has 0 spiro atoms. The van der Waals surface area contributed by atoms with E-state index >= 15 is 0 Å². The first kappa shape index (κ1) is 44.2. The molecule has 1 aromatic rings. The van der Waals surface area contributed by atoms with Crippen LogP contribution < -0.4 is 0 Å². The van der Waals surface area contributed by atoms with E-state index in [1.54, 1.807) is 20.8 Å². The van der Waals surface area contributed by atoms with E-state index in [-0.39, 0.29) is 12.0 Å². The lowest BCUT2D eigenvalue weighted by Crippen LogP contribution is -2.61. The third-order valence-electron chi connectivity index (χ3n) is 7.61. The predicted molar refractivity (Wildman–Crippen MR) is 146 cm³/mol. The lowest BCUT2D eigenvalue weighted by atomic mass is 9.86. The normalized spacial score (nSPS) is 15.9. The Morgan fingerprint density at radius 2 is 0.958 bits per heavy atom. The molecule has 1 aromatic carbocycles. The summed E-state index contributed by atoms with van der Waals surface area (Å²) in [6.07, 6.45) is -22.4. The van der Waals surface area contributed by atoms with Crippen molar-refractivity contribution >= 4 is 13.3 Å². The number of benzene rings is 1. The molecule has 1 rings (SSSR count). The minimum absolute atomic E-state index is 0.0169. The van der Waals surface area contributed by atoms with Crippen LogP contribution in [0.1, 0.15) is 58.1 Å². The van der Waals surface area contributed by atoms with E-state index in [0.29, 0.717) is 5.56 Å². The Morgan fingerprint density at radius 1 is 0.604 bits per heavy atom. The van der Waals surface area contributed by atoms with E-state index in [2.05, 4.69) is 6.58 Å². The highest BCUT2D eigenvalue weighted by Crippen LogP contribution is 2.67. The first-order valence-corrected chi connectivity index (χ1v) is 16.5. The summed E-state index contributed by atoms with van der Waals surface area (Å²) in [6, 6.07) is 5.06. The summed E-state index contributed by atoms with van der Waals surface area (Å²) in [5.74, 6) is -42.0. The lowest BCUT2D eigenvalue weighted by Gasteiger charge is -2.38. The maximum Gasteiger partial charge on any atom is 0.460 e. The molecular weight excluding hydrogens is 721 g/mol. The Hall–Kier alpha value is -1.87. The monoisotopic (exact) mass is 755 g/mol. The number of halogens is 18. The number of alkyl halides is 18. The molecule has 0 bridgehead atoms. The molecule has 0 radical (unpaired) electrons. The van der Waals surface area contributed by atoms with Crippen LogP contribution in [0.15, 0.2) is 30.8 Å². The van der Waals surface area contributed by atoms with Gasteiger partial charge >= 0.3 is 47.9 Å². The van der Waals surface area contributed by atoms with Crippen LogP contribution in [-0.4, -0.2) is 66.4 Å². The molecule has 0 nitrogen and oxygen atoms in total. The topological polar surface area (TPSA) is 0 Å². The molecule has 0 aliphatic rings. The predicted octanol–water partition coefficient (Wildman–Crippen LogP) is 12.6. The highest BCUT2D eigenvalue weighted by molar-refractivity contribution is 7.75. The van der Waals surface area contributed by atoms with Crippen LogP contribution in [0.25, 0.3) is 6.08 Å². The van der Waals surface area contributed by atoms with Crippen LogP contribution in [0.5, 0.6) is 0 Å². The van der Waals surface area contributed by atoms with Crippen molar-refractivity contribution in [1.82, 2.24) is 0 Å². The van der Waals surface area contributed by atoms with Crippen LogP contribution in [-0.2, 0) is 6.16 Å². The van der Waals surface area contributed by atoms with Crippen molar-refractivity contribution in [2.45, 2.75) is 101 Å². The van der Waals surface area contributed by atoms with Crippen molar-refractivity contribution in [3.05, 3.63) is 42.0 Å². The van der Waals surface area contributed by atoms with E-state index in [1.807, 2.05) is 0 Å². The van der Waals surface area contributed by atoms with E-state index < -0.39 is 104 Å². The molecular formula is C29H34F18P+. The van der Waals surface area contributed by atoms with Crippen molar-refractivity contribution in [1.29, 1.82) is 0 Å². The third-order valence-corrected chi connectivity index (χ3v) is 12.4. The fraction of sp³-hybridized carbons (Fsp3) is 0.724. The summed E-state index contributed by atoms with van der Waals surface area (Å²) in [7, 11) is -4.11. The molecule has 0 aromatic heterocycles. The molecule has 0 N–H and O–H groups in total. The number of rotatable bonds is 16. The summed E-state index contributed by atoms with van der Waals surface area (Å²) >= 11 is 0. The Labute approximate surface area is 265 Å². The largest absolute Gasteiger partial charge is 0.460 e. The van der Waals surface area contributed by atoms with Crippen molar-refractivity contribution < 1.29 is 79.0 Å². The lowest BCUT2D eigenvalue weighted by molar-refractivity contribution is -0.396. The van der Waals surface area contributed by atoms with Gasteiger partial charge < -0.3 is 0 Å². The van der Waals surface area contributed by atoms with Gasteiger partial charge in [0, 0.05) is 7.26 Å². The van der Waals surface area contributed by atoms with Gasteiger partial charge in [-0.2, -0.15) is 79.0 Å². The maximum atomic E-state index is 14.7. The first-order valence-electron chi connectivity index (χ1n) is 14.0. The summed E-state index contributed by atoms with van der Waals surface area (Å²) < 4.78 is 246. The number of hydrogen-bond acceptors (Lipinski definition) is 0. The van der Waals surface area contributed by atoms with Gasteiger partial charge in [0.1, 0.15) is 0 Å². The molecule has 0 aliphatic heterocycles. The van der Waals surface area contributed by atoms with Crippen LogP contribution in [0.4, 0.5) is 79.0 Å². The molecule has 1 atom stereocenters. The SMILES string of the molecule is C=Cc1ccc(C[P+](CCC(F)(F)C(F)(F)C(F)(F)C(F)(F)F)(CCC(F)(F)C(F)(F)C(F)(F)C(F)(F)F)CC(C)CC(C)(C)C)cc1. The molecule has 0 saturated carbocycles. The van der Waals surface area contributed by atoms with Gasteiger partial charge in [-0.3, -0.25) is 0 Å². The summed E-state index contributed by atoms with van der Waals surface area (Å²) in [6.45, 7) is 9.70. The quantitative estimate of drug-likeness (QED) is 0.116. The zero-order chi connectivity index (χ0) is 38.2. The molecule has 19 heteroatoms. The molecule has 0 aliphatic carbocycles. The van der Waals surface area contributed by atoms with Crippen molar-refractivity contribution in [2.75, 3.05) is 18.5 Å². The van der Waals surface area contributed by atoms with Crippen LogP contribution in [0.2, 0.25) is 0 Å². The first-order chi connectivity index (χ1) is 21.0. The summed E-state index contributed by atoms with van der Waals surface area (Å²) in [5, 5.41) is 0. The standard InChI is InChI=1S/C29H34F18P/c1-6-19-7-9-20(10-8-19)17-48(16-18(2)15-21(3,4)5,13-11-22(30,31)24(34,35)26(38,39)28(42,43)44)14-12-23(32,33)25(36,37)27(40,41)29(45,46)47/h6-10,18H,1,11-17H2,2-5H3/q+1. The fourth-order valence-electron chi connectivity index (χ4n) is 5.32. The Kier molecular flexibility index (Phi) is 12.9. The van der Waals surface area contributed by atoms with Gasteiger partial charge in [-0.15, -0.1) is 0 Å². The van der Waals surface area contributed by atoms with Gasteiger partial charge in [0.05, 0.1) is 37.5 Å². The van der Waals surface area contributed by atoms with Gasteiger partial charge in [-0.05, 0) is 28.9 Å².